The molecule has 0 fully saturated rings. The molecule has 6 heteroatoms. The average Bonchev–Trinajstić information content (AvgIpc) is 2.52. The number of benzene rings is 1. The molecule has 108 valence electrons. The van der Waals surface area contributed by atoms with Gasteiger partial charge in [-0.3, -0.25) is 9.79 Å². The third kappa shape index (κ3) is 4.61. The number of methoxy groups -OCH3 is 1. The highest BCUT2D eigenvalue weighted by atomic mass is 16.5. The maximum Gasteiger partial charge on any atom is 0.255 e. The van der Waals surface area contributed by atoms with E-state index in [1.54, 1.807) is 37.7 Å². The Morgan fingerprint density at radius 2 is 2.05 bits per heavy atom. The van der Waals surface area contributed by atoms with Crippen molar-refractivity contribution in [3.8, 4) is 11.6 Å². The molecular formula is C15H15N3O3. The van der Waals surface area contributed by atoms with Crippen molar-refractivity contribution in [2.75, 3.05) is 13.7 Å². The minimum Gasteiger partial charge on any atom is -0.484 e. The highest BCUT2D eigenvalue weighted by molar-refractivity contribution is 5.82. The van der Waals surface area contributed by atoms with Gasteiger partial charge in [-0.15, -0.1) is 0 Å². The van der Waals surface area contributed by atoms with E-state index in [9.17, 15) is 4.79 Å². The number of aromatic nitrogens is 1. The summed E-state index contributed by atoms with van der Waals surface area (Å²) in [6, 6.07) is 10.7. The van der Waals surface area contributed by atoms with Gasteiger partial charge in [-0.2, -0.15) is 0 Å². The van der Waals surface area contributed by atoms with E-state index in [0.29, 0.717) is 11.6 Å². The first-order chi connectivity index (χ1) is 10.2. The van der Waals surface area contributed by atoms with Crippen LogP contribution in [0, 0.1) is 0 Å². The number of nitrogens with two attached hydrogens (primary N) is 1. The van der Waals surface area contributed by atoms with Gasteiger partial charge in [-0.1, -0.05) is 0 Å². The van der Waals surface area contributed by atoms with Gasteiger partial charge in [0, 0.05) is 12.3 Å². The Hall–Kier alpha value is -2.89. The third-order valence-corrected chi connectivity index (χ3v) is 2.55. The monoisotopic (exact) mass is 285 g/mol. The Kier molecular flexibility index (Phi) is 4.87. The average molecular weight is 285 g/mol. The minimum absolute atomic E-state index is 0.134. The van der Waals surface area contributed by atoms with Gasteiger partial charge in [0.05, 0.1) is 19.0 Å². The predicted molar refractivity (Wildman–Crippen MR) is 79.2 cm³/mol. The molecule has 0 aliphatic heterocycles. The second kappa shape index (κ2) is 7.04. The normalized spacial score (nSPS) is 10.5. The fraction of sp³-hybridized carbons (Fsp3) is 0.133. The van der Waals surface area contributed by atoms with E-state index in [4.69, 9.17) is 15.2 Å². The highest BCUT2D eigenvalue weighted by Crippen LogP contribution is 2.15. The summed E-state index contributed by atoms with van der Waals surface area (Å²) in [7, 11) is 1.56. The number of primary amides is 1. The minimum atomic E-state index is -0.507. The fourth-order valence-corrected chi connectivity index (χ4v) is 1.52. The third-order valence-electron chi connectivity index (χ3n) is 2.55. The smallest absolute Gasteiger partial charge is 0.255 e. The molecule has 2 rings (SSSR count). The van der Waals surface area contributed by atoms with Crippen LogP contribution in [0.5, 0.6) is 11.6 Å². The number of nitrogens with zero attached hydrogens (tertiary/aromatic N) is 2. The molecule has 1 heterocycles. The number of rotatable bonds is 6. The SMILES string of the molecule is COc1ccc(N=Cc2ccc(OCC(N)=O)cc2)cn1. The van der Waals surface area contributed by atoms with Crippen LogP contribution in [-0.2, 0) is 4.79 Å². The van der Waals surface area contributed by atoms with E-state index in [1.807, 2.05) is 18.2 Å². The van der Waals surface area contributed by atoms with Gasteiger partial charge in [0.2, 0.25) is 5.88 Å². The van der Waals surface area contributed by atoms with Crippen LogP contribution >= 0.6 is 0 Å². The van der Waals surface area contributed by atoms with Gasteiger partial charge in [0.1, 0.15) is 5.75 Å². The second-order valence-corrected chi connectivity index (χ2v) is 4.14. The molecule has 0 saturated heterocycles. The quantitative estimate of drug-likeness (QED) is 0.818. The molecule has 0 saturated carbocycles. The Balaban J connectivity index is 1.98. The van der Waals surface area contributed by atoms with Gasteiger partial charge < -0.3 is 15.2 Å². The van der Waals surface area contributed by atoms with Crippen LogP contribution in [0.15, 0.2) is 47.6 Å². The summed E-state index contributed by atoms with van der Waals surface area (Å²) in [4.78, 5) is 19.0. The molecule has 0 radical (unpaired) electrons. The molecule has 2 N–H and O–H groups in total. The van der Waals surface area contributed by atoms with Crippen molar-refractivity contribution in [1.29, 1.82) is 0 Å². The first-order valence-electron chi connectivity index (χ1n) is 6.22. The molecule has 1 aromatic heterocycles. The van der Waals surface area contributed by atoms with Gasteiger partial charge in [-0.05, 0) is 35.9 Å². The first kappa shape index (κ1) is 14.5. The molecule has 1 aromatic carbocycles. The van der Waals surface area contributed by atoms with Crippen LogP contribution in [0.25, 0.3) is 0 Å². The van der Waals surface area contributed by atoms with Crippen molar-refractivity contribution in [3.63, 3.8) is 0 Å². The van der Waals surface area contributed by atoms with Crippen molar-refractivity contribution >= 4 is 17.8 Å². The standard InChI is InChI=1S/C15H15N3O3/c1-20-15-7-4-12(9-18-15)17-8-11-2-5-13(6-3-11)21-10-14(16)19/h2-9H,10H2,1H3,(H2,16,19). The number of hydrogen-bond donors (Lipinski definition) is 1. The molecular weight excluding hydrogens is 270 g/mol. The van der Waals surface area contributed by atoms with Crippen molar-refractivity contribution in [2.45, 2.75) is 0 Å². The number of carbonyl (C=O) groups excluding carboxylic acids is 1. The molecule has 21 heavy (non-hydrogen) atoms. The van der Waals surface area contributed by atoms with E-state index in [1.165, 1.54) is 0 Å². The van der Waals surface area contributed by atoms with Gasteiger partial charge >= 0.3 is 0 Å². The number of carbonyl (C=O) groups is 1. The van der Waals surface area contributed by atoms with Crippen LogP contribution in [0.3, 0.4) is 0 Å². The van der Waals surface area contributed by atoms with E-state index in [-0.39, 0.29) is 6.61 Å². The lowest BCUT2D eigenvalue weighted by Gasteiger charge is -2.03. The van der Waals surface area contributed by atoms with E-state index < -0.39 is 5.91 Å². The number of pyridine rings is 1. The summed E-state index contributed by atoms with van der Waals surface area (Å²) in [6.45, 7) is -0.134. The van der Waals surface area contributed by atoms with Gasteiger partial charge in [0.25, 0.3) is 5.91 Å². The second-order valence-electron chi connectivity index (χ2n) is 4.14. The zero-order chi connectivity index (χ0) is 15.1. The Morgan fingerprint density at radius 1 is 1.29 bits per heavy atom. The summed E-state index contributed by atoms with van der Waals surface area (Å²) in [5.74, 6) is 0.620. The molecule has 2 aromatic rings. The van der Waals surface area contributed by atoms with Crippen LogP contribution in [-0.4, -0.2) is 30.8 Å². The Bertz CT molecular complexity index is 622. The lowest BCUT2D eigenvalue weighted by Crippen LogP contribution is -2.19. The van der Waals surface area contributed by atoms with Crippen LogP contribution in [0.1, 0.15) is 5.56 Å². The van der Waals surface area contributed by atoms with Crippen LogP contribution < -0.4 is 15.2 Å². The molecule has 0 unspecified atom stereocenters. The zero-order valence-corrected chi connectivity index (χ0v) is 11.5. The molecule has 6 nitrogen and oxygen atoms in total. The lowest BCUT2D eigenvalue weighted by atomic mass is 10.2. The summed E-state index contributed by atoms with van der Waals surface area (Å²) >= 11 is 0. The Morgan fingerprint density at radius 3 is 2.62 bits per heavy atom. The summed E-state index contributed by atoms with van der Waals surface area (Å²) in [5.41, 5.74) is 6.63. The summed E-state index contributed by atoms with van der Waals surface area (Å²) < 4.78 is 10.1. The lowest BCUT2D eigenvalue weighted by molar-refractivity contribution is -0.119. The first-order valence-corrected chi connectivity index (χ1v) is 6.22. The molecule has 0 atom stereocenters. The highest BCUT2D eigenvalue weighted by Gasteiger charge is 1.97. The fourth-order valence-electron chi connectivity index (χ4n) is 1.52. The largest absolute Gasteiger partial charge is 0.484 e. The topological polar surface area (TPSA) is 86.8 Å². The van der Waals surface area contributed by atoms with Crippen molar-refractivity contribution in [3.05, 3.63) is 48.2 Å². The van der Waals surface area contributed by atoms with E-state index in [0.717, 1.165) is 11.3 Å². The van der Waals surface area contributed by atoms with Crippen molar-refractivity contribution < 1.29 is 14.3 Å². The number of aliphatic imine (C=N–C) groups is 1. The van der Waals surface area contributed by atoms with Crippen LogP contribution in [0.2, 0.25) is 0 Å². The maximum atomic E-state index is 10.6. The van der Waals surface area contributed by atoms with Gasteiger partial charge in [0.15, 0.2) is 6.61 Å². The molecule has 0 aliphatic rings. The Labute approximate surface area is 122 Å². The van der Waals surface area contributed by atoms with Crippen LogP contribution in [0.4, 0.5) is 5.69 Å². The number of ether oxygens (including phenoxy) is 2. The molecule has 0 spiro atoms. The summed E-state index contributed by atoms with van der Waals surface area (Å²) in [6.07, 6.45) is 3.33. The summed E-state index contributed by atoms with van der Waals surface area (Å²) in [5, 5.41) is 0. The van der Waals surface area contributed by atoms with Crippen molar-refractivity contribution in [1.82, 2.24) is 4.98 Å². The number of amides is 1. The number of hydrogen-bond acceptors (Lipinski definition) is 5. The van der Waals surface area contributed by atoms with E-state index >= 15 is 0 Å². The zero-order valence-electron chi connectivity index (χ0n) is 11.5. The molecule has 1 amide bonds. The van der Waals surface area contributed by atoms with E-state index in [2.05, 4.69) is 9.98 Å². The van der Waals surface area contributed by atoms with Crippen molar-refractivity contribution in [2.24, 2.45) is 10.7 Å². The predicted octanol–water partition coefficient (Wildman–Crippen LogP) is 1.70. The molecule has 0 bridgehead atoms. The maximum absolute atomic E-state index is 10.6. The van der Waals surface area contributed by atoms with Gasteiger partial charge in [-0.25, -0.2) is 4.98 Å². The molecule has 0 aliphatic carbocycles.